The van der Waals surface area contributed by atoms with E-state index in [2.05, 4.69) is 0 Å². The fourth-order valence-electron chi connectivity index (χ4n) is 4.60. The molecule has 2 aliphatic heterocycles. The molecule has 3 aromatic carbocycles. The minimum atomic E-state index is -3.84. The molecule has 0 aliphatic carbocycles. The Morgan fingerprint density at radius 3 is 2.39 bits per heavy atom. The van der Waals surface area contributed by atoms with E-state index >= 15 is 0 Å². The summed E-state index contributed by atoms with van der Waals surface area (Å²) in [5, 5.41) is 0. The molecule has 0 bridgehead atoms. The first-order valence-corrected chi connectivity index (χ1v) is 12.0. The van der Waals surface area contributed by atoms with Gasteiger partial charge in [-0.05, 0) is 60.7 Å². The first-order valence-electron chi connectivity index (χ1n) is 10.6. The van der Waals surface area contributed by atoms with Crippen molar-refractivity contribution in [3.05, 3.63) is 89.5 Å². The fraction of sp³-hybridized carbons (Fsp3) is 0.240. The predicted molar refractivity (Wildman–Crippen MR) is 122 cm³/mol. The molecular formula is C25H24N2O3S. The van der Waals surface area contributed by atoms with Gasteiger partial charge in [-0.3, -0.25) is 9.10 Å². The number of anilines is 2. The Hall–Kier alpha value is -3.12. The summed E-state index contributed by atoms with van der Waals surface area (Å²) in [5.74, 6) is -0.254. The molecule has 5 rings (SSSR count). The van der Waals surface area contributed by atoms with Gasteiger partial charge in [0, 0.05) is 6.54 Å². The summed E-state index contributed by atoms with van der Waals surface area (Å²) >= 11 is 0. The van der Waals surface area contributed by atoms with Gasteiger partial charge in [-0.2, -0.15) is 0 Å². The fourth-order valence-corrected chi connectivity index (χ4v) is 6.14. The third kappa shape index (κ3) is 3.31. The zero-order valence-electron chi connectivity index (χ0n) is 17.4. The summed E-state index contributed by atoms with van der Waals surface area (Å²) in [6, 6.07) is 22.2. The van der Waals surface area contributed by atoms with Crippen LogP contribution >= 0.6 is 0 Å². The summed E-state index contributed by atoms with van der Waals surface area (Å²) in [7, 11) is -3.84. The molecule has 158 valence electrons. The van der Waals surface area contributed by atoms with Gasteiger partial charge in [0.15, 0.2) is 0 Å². The van der Waals surface area contributed by atoms with Gasteiger partial charge in [0.1, 0.15) is 0 Å². The van der Waals surface area contributed by atoms with Crippen molar-refractivity contribution in [2.45, 2.75) is 37.1 Å². The molecule has 6 heteroatoms. The van der Waals surface area contributed by atoms with E-state index in [1.807, 2.05) is 72.5 Å². The van der Waals surface area contributed by atoms with Crippen LogP contribution in [0, 0.1) is 0 Å². The van der Waals surface area contributed by atoms with Gasteiger partial charge >= 0.3 is 0 Å². The molecule has 0 saturated heterocycles. The zero-order valence-corrected chi connectivity index (χ0v) is 18.2. The lowest BCUT2D eigenvalue weighted by Crippen LogP contribution is -2.32. The Morgan fingerprint density at radius 2 is 1.68 bits per heavy atom. The van der Waals surface area contributed by atoms with Crippen molar-refractivity contribution < 1.29 is 13.2 Å². The summed E-state index contributed by atoms with van der Waals surface area (Å²) in [6.07, 6.45) is 1.63. The number of rotatable bonds is 5. The van der Waals surface area contributed by atoms with E-state index in [1.165, 1.54) is 4.31 Å². The van der Waals surface area contributed by atoms with E-state index in [-0.39, 0.29) is 23.3 Å². The summed E-state index contributed by atoms with van der Waals surface area (Å²) in [6.45, 7) is 2.81. The van der Waals surface area contributed by atoms with Crippen LogP contribution in [-0.2, 0) is 27.8 Å². The third-order valence-electron chi connectivity index (χ3n) is 6.19. The maximum absolute atomic E-state index is 13.9. The van der Waals surface area contributed by atoms with Crippen LogP contribution in [0.3, 0.4) is 0 Å². The molecule has 1 amide bonds. The van der Waals surface area contributed by atoms with Crippen LogP contribution in [0.1, 0.15) is 36.0 Å². The highest BCUT2D eigenvalue weighted by molar-refractivity contribution is 7.92. The third-order valence-corrected chi connectivity index (χ3v) is 7.95. The van der Waals surface area contributed by atoms with Gasteiger partial charge in [0.25, 0.3) is 10.0 Å². The van der Waals surface area contributed by atoms with E-state index in [4.69, 9.17) is 0 Å². The van der Waals surface area contributed by atoms with Crippen molar-refractivity contribution in [1.82, 2.24) is 0 Å². The highest BCUT2D eigenvalue weighted by Gasteiger charge is 2.39. The van der Waals surface area contributed by atoms with Crippen LogP contribution in [0.15, 0.2) is 77.7 Å². The van der Waals surface area contributed by atoms with Crippen molar-refractivity contribution in [3.63, 3.8) is 0 Å². The SMILES string of the molecule is C[C@H]1C(=O)N2CCCc3cc(S(=O)(=O)N(Cc4ccccc4)c4ccccc4)cc1c32. The molecule has 5 nitrogen and oxygen atoms in total. The van der Waals surface area contributed by atoms with Crippen LogP contribution < -0.4 is 9.21 Å². The van der Waals surface area contributed by atoms with E-state index in [9.17, 15) is 13.2 Å². The Morgan fingerprint density at radius 1 is 1.00 bits per heavy atom. The quantitative estimate of drug-likeness (QED) is 0.597. The minimum Gasteiger partial charge on any atom is -0.311 e. The summed E-state index contributed by atoms with van der Waals surface area (Å²) in [4.78, 5) is 14.8. The minimum absolute atomic E-state index is 0.0645. The van der Waals surface area contributed by atoms with Crippen molar-refractivity contribution >= 4 is 27.3 Å². The number of hydrogen-bond acceptors (Lipinski definition) is 3. The average molecular weight is 433 g/mol. The first-order chi connectivity index (χ1) is 15.0. The molecular weight excluding hydrogens is 408 g/mol. The molecule has 0 spiro atoms. The van der Waals surface area contributed by atoms with Gasteiger partial charge in [-0.15, -0.1) is 0 Å². The van der Waals surface area contributed by atoms with Crippen LogP contribution in [-0.4, -0.2) is 20.9 Å². The van der Waals surface area contributed by atoms with Gasteiger partial charge in [-0.25, -0.2) is 8.42 Å². The summed E-state index contributed by atoms with van der Waals surface area (Å²) < 4.78 is 29.3. The number of aryl methyl sites for hydroxylation is 1. The van der Waals surface area contributed by atoms with Crippen LogP contribution in [0.2, 0.25) is 0 Å². The zero-order chi connectivity index (χ0) is 21.6. The molecule has 0 saturated carbocycles. The molecule has 0 radical (unpaired) electrons. The van der Waals surface area contributed by atoms with Crippen molar-refractivity contribution in [1.29, 1.82) is 0 Å². The Bertz CT molecular complexity index is 1240. The number of hydrogen-bond donors (Lipinski definition) is 0. The Kier molecular flexibility index (Phi) is 4.82. The smallest absolute Gasteiger partial charge is 0.264 e. The van der Waals surface area contributed by atoms with Crippen molar-refractivity contribution in [3.8, 4) is 0 Å². The van der Waals surface area contributed by atoms with Crippen LogP contribution in [0.5, 0.6) is 0 Å². The number of sulfonamides is 1. The summed E-state index contributed by atoms with van der Waals surface area (Å²) in [5.41, 5.74) is 4.23. The maximum atomic E-state index is 13.9. The van der Waals surface area contributed by atoms with Crippen LogP contribution in [0.25, 0.3) is 0 Å². The number of nitrogens with zero attached hydrogens (tertiary/aromatic N) is 2. The molecule has 3 aromatic rings. The maximum Gasteiger partial charge on any atom is 0.264 e. The predicted octanol–water partition coefficient (Wildman–Crippen LogP) is 4.48. The van der Waals surface area contributed by atoms with Gasteiger partial charge < -0.3 is 4.90 Å². The van der Waals surface area contributed by atoms with Crippen LogP contribution in [0.4, 0.5) is 11.4 Å². The van der Waals surface area contributed by atoms with Crippen molar-refractivity contribution in [2.75, 3.05) is 15.7 Å². The number of carbonyl (C=O) groups is 1. The lowest BCUT2D eigenvalue weighted by molar-refractivity contribution is -0.119. The lowest BCUT2D eigenvalue weighted by Gasteiger charge is -2.28. The Labute approximate surface area is 183 Å². The first kappa shape index (κ1) is 19.8. The van der Waals surface area contributed by atoms with Gasteiger partial charge in [0.05, 0.1) is 28.7 Å². The van der Waals surface area contributed by atoms with E-state index in [0.717, 1.165) is 35.2 Å². The molecule has 0 N–H and O–H groups in total. The molecule has 2 heterocycles. The van der Waals surface area contributed by atoms with Gasteiger partial charge in [0.2, 0.25) is 5.91 Å². The Balaban J connectivity index is 1.63. The lowest BCUT2D eigenvalue weighted by atomic mass is 9.97. The highest BCUT2D eigenvalue weighted by Crippen LogP contribution is 2.44. The standard InChI is InChI=1S/C25H24N2O3S/c1-18-23-16-22(15-20-11-8-14-26(24(20)23)25(18)28)31(29,30)27(21-12-6-3-7-13-21)17-19-9-4-2-5-10-19/h2-7,9-10,12-13,15-16,18H,8,11,14,17H2,1H3/t18-/m1/s1. The van der Waals surface area contributed by atoms with Crippen molar-refractivity contribution in [2.24, 2.45) is 0 Å². The number of amides is 1. The average Bonchev–Trinajstić information content (AvgIpc) is 3.05. The van der Waals surface area contributed by atoms with Gasteiger partial charge in [-0.1, -0.05) is 48.5 Å². The molecule has 2 aliphatic rings. The van der Waals surface area contributed by atoms with E-state index in [1.54, 1.807) is 12.1 Å². The monoisotopic (exact) mass is 432 g/mol. The number of carbonyl (C=O) groups excluding carboxylic acids is 1. The van der Waals surface area contributed by atoms with E-state index < -0.39 is 10.0 Å². The molecule has 31 heavy (non-hydrogen) atoms. The second-order valence-corrected chi connectivity index (χ2v) is 10.0. The largest absolute Gasteiger partial charge is 0.311 e. The van der Waals surface area contributed by atoms with E-state index in [0.29, 0.717) is 12.2 Å². The highest BCUT2D eigenvalue weighted by atomic mass is 32.2. The topological polar surface area (TPSA) is 57.7 Å². The second-order valence-electron chi connectivity index (χ2n) is 8.17. The number of para-hydroxylation sites is 1. The molecule has 0 aromatic heterocycles. The molecule has 0 unspecified atom stereocenters. The molecule has 0 fully saturated rings. The normalized spacial score (nSPS) is 17.5. The second kappa shape index (κ2) is 7.54. The number of benzene rings is 3. The molecule has 1 atom stereocenters.